The third kappa shape index (κ3) is 2.76. The molecular weight excluding hydrogens is 150 g/mol. The first-order valence-corrected chi connectivity index (χ1v) is 4.93. The number of nitrogens with zero attached hydrogens (tertiary/aromatic N) is 1. The molecule has 1 heterocycles. The molecule has 1 fully saturated rings. The van der Waals surface area contributed by atoms with Crippen LogP contribution in [0.2, 0.25) is 0 Å². The zero-order valence-electron chi connectivity index (χ0n) is 8.71. The van der Waals surface area contributed by atoms with Crippen LogP contribution in [0, 0.1) is 5.92 Å². The molecule has 1 aliphatic rings. The van der Waals surface area contributed by atoms with E-state index in [2.05, 4.69) is 32.7 Å². The number of hydrogen-bond acceptors (Lipinski definition) is 2. The normalized spacial score (nSPS) is 32.8. The highest BCUT2D eigenvalue weighted by molar-refractivity contribution is 4.76. The SMILES string of the molecule is CC(C)O[C@H]1CCN(C)C[C@@H]1C. The van der Waals surface area contributed by atoms with E-state index in [0.717, 1.165) is 0 Å². The van der Waals surface area contributed by atoms with Gasteiger partial charge in [0.25, 0.3) is 0 Å². The predicted molar refractivity (Wildman–Crippen MR) is 51.3 cm³/mol. The van der Waals surface area contributed by atoms with Gasteiger partial charge in [0.2, 0.25) is 0 Å². The summed E-state index contributed by atoms with van der Waals surface area (Å²) in [6.07, 6.45) is 2.05. The first kappa shape index (κ1) is 10.0. The Morgan fingerprint density at radius 3 is 2.58 bits per heavy atom. The maximum Gasteiger partial charge on any atom is 0.0628 e. The van der Waals surface area contributed by atoms with E-state index < -0.39 is 0 Å². The van der Waals surface area contributed by atoms with Crippen molar-refractivity contribution in [3.63, 3.8) is 0 Å². The first-order valence-electron chi connectivity index (χ1n) is 4.93. The van der Waals surface area contributed by atoms with Gasteiger partial charge in [-0.1, -0.05) is 6.92 Å². The number of hydrogen-bond donors (Lipinski definition) is 0. The van der Waals surface area contributed by atoms with Crippen molar-refractivity contribution in [2.45, 2.75) is 39.4 Å². The Bertz CT molecular complexity index is 136. The van der Waals surface area contributed by atoms with E-state index in [1.165, 1.54) is 19.5 Å². The molecule has 2 heteroatoms. The van der Waals surface area contributed by atoms with Crippen molar-refractivity contribution < 1.29 is 4.74 Å². The Balaban J connectivity index is 2.34. The van der Waals surface area contributed by atoms with Gasteiger partial charge in [-0.15, -0.1) is 0 Å². The molecule has 0 aromatic carbocycles. The highest BCUT2D eigenvalue weighted by Gasteiger charge is 2.25. The summed E-state index contributed by atoms with van der Waals surface area (Å²) in [6.45, 7) is 8.87. The molecule has 0 unspecified atom stereocenters. The average molecular weight is 171 g/mol. The third-order valence-corrected chi connectivity index (χ3v) is 2.48. The number of ether oxygens (including phenoxy) is 1. The van der Waals surface area contributed by atoms with Crippen LogP contribution < -0.4 is 0 Å². The molecule has 0 aromatic heterocycles. The molecule has 0 radical (unpaired) electrons. The minimum atomic E-state index is 0.376. The van der Waals surface area contributed by atoms with E-state index in [4.69, 9.17) is 4.74 Å². The molecular formula is C10H21NO. The largest absolute Gasteiger partial charge is 0.375 e. The quantitative estimate of drug-likeness (QED) is 0.627. The lowest BCUT2D eigenvalue weighted by molar-refractivity contribution is -0.0531. The zero-order chi connectivity index (χ0) is 9.14. The van der Waals surface area contributed by atoms with Crippen molar-refractivity contribution in [2.75, 3.05) is 20.1 Å². The smallest absolute Gasteiger partial charge is 0.0628 e. The van der Waals surface area contributed by atoms with Crippen LogP contribution >= 0.6 is 0 Å². The predicted octanol–water partition coefficient (Wildman–Crippen LogP) is 1.75. The summed E-state index contributed by atoms with van der Waals surface area (Å²) in [7, 11) is 2.18. The summed E-state index contributed by atoms with van der Waals surface area (Å²) in [5.74, 6) is 0.686. The molecule has 72 valence electrons. The van der Waals surface area contributed by atoms with Crippen LogP contribution in [0.5, 0.6) is 0 Å². The van der Waals surface area contributed by atoms with Gasteiger partial charge in [0.05, 0.1) is 12.2 Å². The van der Waals surface area contributed by atoms with Crippen molar-refractivity contribution >= 4 is 0 Å². The van der Waals surface area contributed by atoms with Crippen LogP contribution in [-0.4, -0.2) is 37.2 Å². The molecule has 1 saturated heterocycles. The van der Waals surface area contributed by atoms with E-state index in [1.54, 1.807) is 0 Å². The standard InChI is InChI=1S/C10H21NO/c1-8(2)12-10-5-6-11(4)7-9(10)3/h8-10H,5-7H2,1-4H3/t9-,10-/m0/s1. The van der Waals surface area contributed by atoms with Crippen LogP contribution in [0.15, 0.2) is 0 Å². The summed E-state index contributed by atoms with van der Waals surface area (Å²) >= 11 is 0. The summed E-state index contributed by atoms with van der Waals surface area (Å²) in [4.78, 5) is 2.38. The molecule has 0 amide bonds. The number of piperidine rings is 1. The maximum absolute atomic E-state index is 5.83. The number of rotatable bonds is 2. The lowest BCUT2D eigenvalue weighted by Crippen LogP contribution is -2.41. The molecule has 0 bridgehead atoms. The fraction of sp³-hybridized carbons (Fsp3) is 1.00. The Kier molecular flexibility index (Phi) is 3.53. The summed E-state index contributed by atoms with van der Waals surface area (Å²) in [5.41, 5.74) is 0. The lowest BCUT2D eigenvalue weighted by atomic mass is 9.97. The van der Waals surface area contributed by atoms with E-state index in [-0.39, 0.29) is 0 Å². The molecule has 2 atom stereocenters. The van der Waals surface area contributed by atoms with Gasteiger partial charge < -0.3 is 9.64 Å². The Morgan fingerprint density at radius 2 is 2.08 bits per heavy atom. The molecule has 0 aromatic rings. The second-order valence-corrected chi connectivity index (χ2v) is 4.25. The van der Waals surface area contributed by atoms with Gasteiger partial charge in [-0.3, -0.25) is 0 Å². The van der Waals surface area contributed by atoms with Gasteiger partial charge >= 0.3 is 0 Å². The van der Waals surface area contributed by atoms with Crippen LogP contribution in [0.1, 0.15) is 27.2 Å². The van der Waals surface area contributed by atoms with Gasteiger partial charge in [0, 0.05) is 13.1 Å². The molecule has 12 heavy (non-hydrogen) atoms. The second-order valence-electron chi connectivity index (χ2n) is 4.25. The van der Waals surface area contributed by atoms with Gasteiger partial charge in [0.1, 0.15) is 0 Å². The highest BCUT2D eigenvalue weighted by atomic mass is 16.5. The lowest BCUT2D eigenvalue weighted by Gasteiger charge is -2.35. The molecule has 0 N–H and O–H groups in total. The molecule has 0 saturated carbocycles. The monoisotopic (exact) mass is 171 g/mol. The van der Waals surface area contributed by atoms with Crippen molar-refractivity contribution in [3.8, 4) is 0 Å². The van der Waals surface area contributed by atoms with Crippen LogP contribution in [0.4, 0.5) is 0 Å². The topological polar surface area (TPSA) is 12.5 Å². The van der Waals surface area contributed by atoms with E-state index in [0.29, 0.717) is 18.1 Å². The van der Waals surface area contributed by atoms with Crippen LogP contribution in [0.3, 0.4) is 0 Å². The minimum absolute atomic E-state index is 0.376. The van der Waals surface area contributed by atoms with Crippen LogP contribution in [-0.2, 0) is 4.74 Å². The minimum Gasteiger partial charge on any atom is -0.375 e. The molecule has 2 nitrogen and oxygen atoms in total. The first-order chi connectivity index (χ1) is 5.59. The Labute approximate surface area is 75.9 Å². The van der Waals surface area contributed by atoms with Gasteiger partial charge in [-0.2, -0.15) is 0 Å². The summed E-state index contributed by atoms with van der Waals surface area (Å²) < 4.78 is 5.83. The van der Waals surface area contributed by atoms with Crippen LogP contribution in [0.25, 0.3) is 0 Å². The van der Waals surface area contributed by atoms with Gasteiger partial charge in [0.15, 0.2) is 0 Å². The average Bonchev–Trinajstić information content (AvgIpc) is 1.94. The Morgan fingerprint density at radius 1 is 1.42 bits per heavy atom. The molecule has 0 spiro atoms. The van der Waals surface area contributed by atoms with E-state index in [9.17, 15) is 0 Å². The fourth-order valence-electron chi connectivity index (χ4n) is 1.88. The fourth-order valence-corrected chi connectivity index (χ4v) is 1.88. The number of likely N-dealkylation sites (tertiary alicyclic amines) is 1. The van der Waals surface area contributed by atoms with Crippen molar-refractivity contribution in [1.82, 2.24) is 4.90 Å². The highest BCUT2D eigenvalue weighted by Crippen LogP contribution is 2.19. The molecule has 0 aliphatic carbocycles. The molecule has 1 rings (SSSR count). The summed E-state index contributed by atoms with van der Waals surface area (Å²) in [6, 6.07) is 0. The van der Waals surface area contributed by atoms with E-state index >= 15 is 0 Å². The van der Waals surface area contributed by atoms with Gasteiger partial charge in [-0.25, -0.2) is 0 Å². The van der Waals surface area contributed by atoms with Gasteiger partial charge in [-0.05, 0) is 33.2 Å². The Hall–Kier alpha value is -0.0800. The second kappa shape index (κ2) is 4.24. The maximum atomic E-state index is 5.83. The third-order valence-electron chi connectivity index (χ3n) is 2.48. The van der Waals surface area contributed by atoms with Crippen molar-refractivity contribution in [2.24, 2.45) is 5.92 Å². The van der Waals surface area contributed by atoms with E-state index in [1.807, 2.05) is 0 Å². The summed E-state index contributed by atoms with van der Waals surface area (Å²) in [5, 5.41) is 0. The zero-order valence-corrected chi connectivity index (χ0v) is 8.71. The van der Waals surface area contributed by atoms with Crippen molar-refractivity contribution in [3.05, 3.63) is 0 Å². The molecule has 1 aliphatic heterocycles. The van der Waals surface area contributed by atoms with Crippen molar-refractivity contribution in [1.29, 1.82) is 0 Å².